The zero-order chi connectivity index (χ0) is 25.0. The van der Waals surface area contributed by atoms with Crippen molar-refractivity contribution in [1.82, 2.24) is 19.3 Å². The molecular formula is C20H15ClF5N5O3. The summed E-state index contributed by atoms with van der Waals surface area (Å²) < 4.78 is 73.7. The van der Waals surface area contributed by atoms with Crippen LogP contribution in [-0.4, -0.2) is 44.2 Å². The molecule has 1 aliphatic rings. The number of methoxy groups -OCH3 is 1. The molecule has 1 saturated carbocycles. The number of anilines is 1. The Morgan fingerprint density at radius 2 is 1.97 bits per heavy atom. The summed E-state index contributed by atoms with van der Waals surface area (Å²) in [4.78, 5) is 28.2. The van der Waals surface area contributed by atoms with E-state index in [0.29, 0.717) is 4.68 Å². The highest BCUT2D eigenvalue weighted by Gasteiger charge is 2.59. The standard InChI is InChI=1S/C20H15ClF5N5O3/c1-30-13(11-8-31(14-6-19(14,22)23)29-15(11)20(24,25)26)7-27-16(30)17(32)28-9-3-4-10(12(21)5-9)18(33)34-2/h3-5,7-8,14H,6H2,1-2H3,(H,28,32)/t14-/m0/s1. The number of amides is 1. The van der Waals surface area contributed by atoms with Crippen molar-refractivity contribution < 1.29 is 36.3 Å². The topological polar surface area (TPSA) is 91.0 Å². The van der Waals surface area contributed by atoms with Gasteiger partial charge in [-0.25, -0.2) is 18.6 Å². The highest BCUT2D eigenvalue weighted by atomic mass is 35.5. The molecule has 1 aromatic carbocycles. The number of carbonyl (C=O) groups is 2. The van der Waals surface area contributed by atoms with Crippen LogP contribution < -0.4 is 5.32 Å². The molecule has 8 nitrogen and oxygen atoms in total. The van der Waals surface area contributed by atoms with E-state index in [0.717, 1.165) is 17.0 Å². The lowest BCUT2D eigenvalue weighted by Gasteiger charge is -2.09. The average Bonchev–Trinajstić information content (AvgIpc) is 3.07. The summed E-state index contributed by atoms with van der Waals surface area (Å²) in [5.41, 5.74) is -1.75. The van der Waals surface area contributed by atoms with E-state index in [1.165, 1.54) is 32.4 Å². The van der Waals surface area contributed by atoms with Crippen LogP contribution in [0, 0.1) is 0 Å². The molecule has 1 aliphatic carbocycles. The van der Waals surface area contributed by atoms with E-state index >= 15 is 0 Å². The zero-order valence-electron chi connectivity index (χ0n) is 17.5. The van der Waals surface area contributed by atoms with Gasteiger partial charge in [0.1, 0.15) is 6.04 Å². The SMILES string of the molecule is COC(=O)c1ccc(NC(=O)c2ncc(-c3cn([C@H]4CC4(F)F)nc3C(F)(F)F)n2C)cc1Cl. The minimum atomic E-state index is -4.92. The molecule has 1 amide bonds. The number of rotatable bonds is 5. The van der Waals surface area contributed by atoms with Crippen LogP contribution in [-0.2, 0) is 18.0 Å². The summed E-state index contributed by atoms with van der Waals surface area (Å²) in [5, 5.41) is 5.82. The normalized spacial score (nSPS) is 16.9. The molecular weight excluding hydrogens is 489 g/mol. The summed E-state index contributed by atoms with van der Waals surface area (Å²) >= 11 is 6.02. The van der Waals surface area contributed by atoms with E-state index in [1.54, 1.807) is 0 Å². The average molecular weight is 504 g/mol. The lowest BCUT2D eigenvalue weighted by atomic mass is 10.2. The summed E-state index contributed by atoms with van der Waals surface area (Å²) in [6.45, 7) is 0. The smallest absolute Gasteiger partial charge is 0.435 e. The van der Waals surface area contributed by atoms with Crippen molar-refractivity contribution in [2.45, 2.75) is 24.6 Å². The Hall–Kier alpha value is -3.48. The van der Waals surface area contributed by atoms with E-state index in [2.05, 4.69) is 20.1 Å². The Kier molecular flexibility index (Phi) is 5.62. The second kappa shape index (κ2) is 8.08. The van der Waals surface area contributed by atoms with Crippen LogP contribution in [0.25, 0.3) is 11.3 Å². The first kappa shape index (κ1) is 23.7. The molecule has 0 bridgehead atoms. The number of alkyl halides is 5. The van der Waals surface area contributed by atoms with Crippen molar-refractivity contribution in [2.24, 2.45) is 7.05 Å². The molecule has 1 N–H and O–H groups in total. The maximum Gasteiger partial charge on any atom is 0.435 e. The third kappa shape index (κ3) is 4.22. The van der Waals surface area contributed by atoms with Gasteiger partial charge in [-0.2, -0.15) is 18.3 Å². The number of benzene rings is 1. The number of nitrogens with zero attached hydrogens (tertiary/aromatic N) is 4. The van der Waals surface area contributed by atoms with Crippen molar-refractivity contribution in [2.75, 3.05) is 12.4 Å². The Morgan fingerprint density at radius 1 is 1.29 bits per heavy atom. The predicted molar refractivity (Wildman–Crippen MR) is 109 cm³/mol. The highest BCUT2D eigenvalue weighted by Crippen LogP contribution is 2.53. The molecule has 34 heavy (non-hydrogen) atoms. The summed E-state index contributed by atoms with van der Waals surface area (Å²) in [5.74, 6) is -4.86. The van der Waals surface area contributed by atoms with Crippen LogP contribution in [0.15, 0.2) is 30.6 Å². The lowest BCUT2D eigenvalue weighted by molar-refractivity contribution is -0.141. The number of ether oxygens (including phenoxy) is 1. The van der Waals surface area contributed by atoms with Crippen LogP contribution in [0.4, 0.5) is 27.6 Å². The third-order valence-electron chi connectivity index (χ3n) is 5.21. The van der Waals surface area contributed by atoms with Gasteiger partial charge in [0.15, 0.2) is 11.5 Å². The van der Waals surface area contributed by atoms with Gasteiger partial charge in [-0.05, 0) is 18.2 Å². The van der Waals surface area contributed by atoms with E-state index < -0.39 is 47.7 Å². The van der Waals surface area contributed by atoms with Gasteiger partial charge in [0.25, 0.3) is 11.8 Å². The van der Waals surface area contributed by atoms with Gasteiger partial charge in [-0.1, -0.05) is 11.6 Å². The van der Waals surface area contributed by atoms with E-state index in [1.807, 2.05) is 0 Å². The van der Waals surface area contributed by atoms with E-state index in [-0.39, 0.29) is 27.8 Å². The second-order valence-electron chi connectivity index (χ2n) is 7.52. The minimum absolute atomic E-state index is 0.00397. The van der Waals surface area contributed by atoms with Gasteiger partial charge < -0.3 is 14.6 Å². The number of hydrogen-bond donors (Lipinski definition) is 1. The maximum atomic E-state index is 13.5. The Bertz CT molecular complexity index is 1300. The molecule has 3 aromatic rings. The Morgan fingerprint density at radius 3 is 2.53 bits per heavy atom. The monoisotopic (exact) mass is 503 g/mol. The molecule has 180 valence electrons. The lowest BCUT2D eigenvalue weighted by Crippen LogP contribution is -2.17. The molecule has 0 spiro atoms. The number of halogens is 6. The van der Waals surface area contributed by atoms with Gasteiger partial charge in [0.05, 0.1) is 35.2 Å². The summed E-state index contributed by atoms with van der Waals surface area (Å²) in [6, 6.07) is 2.53. The highest BCUT2D eigenvalue weighted by molar-refractivity contribution is 6.34. The molecule has 0 aliphatic heterocycles. The number of carbonyl (C=O) groups excluding carboxylic acids is 2. The number of aromatic nitrogens is 4. The largest absolute Gasteiger partial charge is 0.465 e. The Labute approximate surface area is 193 Å². The summed E-state index contributed by atoms with van der Waals surface area (Å²) in [7, 11) is 2.48. The number of nitrogens with one attached hydrogen (secondary N) is 1. The zero-order valence-corrected chi connectivity index (χ0v) is 18.2. The first-order chi connectivity index (χ1) is 15.8. The molecule has 1 atom stereocenters. The number of esters is 1. The minimum Gasteiger partial charge on any atom is -0.465 e. The first-order valence-corrected chi connectivity index (χ1v) is 9.96. The van der Waals surface area contributed by atoms with Crippen LogP contribution in [0.2, 0.25) is 5.02 Å². The van der Waals surface area contributed by atoms with Gasteiger partial charge in [0, 0.05) is 25.4 Å². The molecule has 2 aromatic heterocycles. The third-order valence-corrected chi connectivity index (χ3v) is 5.52. The van der Waals surface area contributed by atoms with E-state index in [4.69, 9.17) is 11.6 Å². The molecule has 0 saturated heterocycles. The number of hydrogen-bond acceptors (Lipinski definition) is 5. The fraction of sp³-hybridized carbons (Fsp3) is 0.300. The van der Waals surface area contributed by atoms with Gasteiger partial charge in [0.2, 0.25) is 0 Å². The molecule has 2 heterocycles. The van der Waals surface area contributed by atoms with Gasteiger partial charge in [-0.3, -0.25) is 9.48 Å². The van der Waals surface area contributed by atoms with Crippen molar-refractivity contribution in [3.8, 4) is 11.3 Å². The predicted octanol–water partition coefficient (Wildman–Crippen LogP) is 4.57. The van der Waals surface area contributed by atoms with Crippen LogP contribution >= 0.6 is 11.6 Å². The van der Waals surface area contributed by atoms with Gasteiger partial charge >= 0.3 is 12.1 Å². The summed E-state index contributed by atoms with van der Waals surface area (Å²) in [6.07, 6.45) is -3.64. The molecule has 0 radical (unpaired) electrons. The number of imidazole rings is 1. The van der Waals surface area contributed by atoms with Crippen LogP contribution in [0.5, 0.6) is 0 Å². The van der Waals surface area contributed by atoms with E-state index in [9.17, 15) is 31.5 Å². The van der Waals surface area contributed by atoms with Crippen molar-refractivity contribution >= 4 is 29.2 Å². The fourth-order valence-electron chi connectivity index (χ4n) is 3.36. The first-order valence-electron chi connectivity index (χ1n) is 9.59. The van der Waals surface area contributed by atoms with Crippen molar-refractivity contribution in [3.63, 3.8) is 0 Å². The Balaban J connectivity index is 1.63. The van der Waals surface area contributed by atoms with Crippen LogP contribution in [0.3, 0.4) is 0 Å². The maximum absolute atomic E-state index is 13.5. The molecule has 4 rings (SSSR count). The molecule has 1 fully saturated rings. The van der Waals surface area contributed by atoms with Crippen molar-refractivity contribution in [1.29, 1.82) is 0 Å². The second-order valence-corrected chi connectivity index (χ2v) is 7.92. The van der Waals surface area contributed by atoms with Crippen molar-refractivity contribution in [3.05, 3.63) is 52.7 Å². The molecule has 0 unspecified atom stereocenters. The van der Waals surface area contributed by atoms with Crippen LogP contribution in [0.1, 0.15) is 39.1 Å². The quantitative estimate of drug-likeness (QED) is 0.407. The fourth-order valence-corrected chi connectivity index (χ4v) is 3.62. The molecule has 14 heteroatoms. The van der Waals surface area contributed by atoms with Gasteiger partial charge in [-0.15, -0.1) is 0 Å².